The molecule has 0 aromatic carbocycles. The molecule has 1 unspecified atom stereocenters. The minimum absolute atomic E-state index is 0.0677. The van der Waals surface area contributed by atoms with Crippen molar-refractivity contribution < 1.29 is 9.21 Å². The van der Waals surface area contributed by atoms with Crippen molar-refractivity contribution in [2.24, 2.45) is 0 Å². The number of fused-ring (bicyclic) bond motifs is 1. The van der Waals surface area contributed by atoms with Crippen molar-refractivity contribution in [1.29, 1.82) is 0 Å². The van der Waals surface area contributed by atoms with Crippen molar-refractivity contribution in [2.45, 2.75) is 39.7 Å². The Balaban J connectivity index is 1.57. The van der Waals surface area contributed by atoms with E-state index in [1.807, 2.05) is 30.9 Å². The summed E-state index contributed by atoms with van der Waals surface area (Å²) in [6, 6.07) is 7.80. The summed E-state index contributed by atoms with van der Waals surface area (Å²) in [5.41, 5.74) is 4.45. The Morgan fingerprint density at radius 3 is 2.80 bits per heavy atom. The second-order valence-corrected chi connectivity index (χ2v) is 6.87. The van der Waals surface area contributed by atoms with Gasteiger partial charge in [0, 0.05) is 30.5 Å². The first-order chi connectivity index (χ1) is 12.0. The zero-order chi connectivity index (χ0) is 17.6. The van der Waals surface area contributed by atoms with Crippen molar-refractivity contribution in [3.8, 4) is 0 Å². The van der Waals surface area contributed by atoms with Crippen LogP contribution in [0.1, 0.15) is 46.5 Å². The van der Waals surface area contributed by atoms with Crippen LogP contribution < -0.4 is 0 Å². The lowest BCUT2D eigenvalue weighted by atomic mass is 10.1. The molecule has 0 aliphatic carbocycles. The third-order valence-corrected chi connectivity index (χ3v) is 4.80. The Bertz CT molecular complexity index is 940. The predicted molar refractivity (Wildman–Crippen MR) is 94.6 cm³/mol. The van der Waals surface area contributed by atoms with E-state index in [1.165, 1.54) is 0 Å². The van der Waals surface area contributed by atoms with Gasteiger partial charge in [-0.05, 0) is 51.8 Å². The second-order valence-electron chi connectivity index (χ2n) is 6.87. The van der Waals surface area contributed by atoms with Gasteiger partial charge in [-0.25, -0.2) is 4.98 Å². The topological polar surface area (TPSA) is 64.2 Å². The molecule has 130 valence electrons. The molecule has 4 rings (SSSR count). The number of furan rings is 1. The Kier molecular flexibility index (Phi) is 3.82. The van der Waals surface area contributed by atoms with E-state index >= 15 is 0 Å². The molecule has 0 radical (unpaired) electrons. The van der Waals surface area contributed by atoms with Gasteiger partial charge in [0.1, 0.15) is 5.52 Å². The zero-order valence-electron chi connectivity index (χ0n) is 14.8. The molecule has 25 heavy (non-hydrogen) atoms. The SMILES string of the molecule is Cc1ccc2oc(C(=O)N3CCCC(n4nc(C)cc4C)C3)cc2n1. The Morgan fingerprint density at radius 1 is 1.20 bits per heavy atom. The summed E-state index contributed by atoms with van der Waals surface area (Å²) in [5.74, 6) is 0.295. The lowest BCUT2D eigenvalue weighted by Crippen LogP contribution is -2.41. The number of likely N-dealkylation sites (tertiary alicyclic amines) is 1. The van der Waals surface area contributed by atoms with Crippen molar-refractivity contribution in [1.82, 2.24) is 19.7 Å². The summed E-state index contributed by atoms with van der Waals surface area (Å²) in [4.78, 5) is 19.2. The Labute approximate surface area is 146 Å². The number of pyridine rings is 1. The first kappa shape index (κ1) is 15.9. The number of hydrogen-bond donors (Lipinski definition) is 0. The zero-order valence-corrected chi connectivity index (χ0v) is 14.8. The highest BCUT2D eigenvalue weighted by molar-refractivity contribution is 5.95. The van der Waals surface area contributed by atoms with E-state index < -0.39 is 0 Å². The molecule has 3 aromatic rings. The predicted octanol–water partition coefficient (Wildman–Crippen LogP) is 3.43. The van der Waals surface area contributed by atoms with Crippen LogP contribution in [0, 0.1) is 20.8 Å². The van der Waals surface area contributed by atoms with Crippen LogP contribution in [0.25, 0.3) is 11.1 Å². The fourth-order valence-corrected chi connectivity index (χ4v) is 3.64. The van der Waals surface area contributed by atoms with Crippen molar-refractivity contribution in [3.63, 3.8) is 0 Å². The van der Waals surface area contributed by atoms with E-state index in [9.17, 15) is 4.79 Å². The number of aryl methyl sites for hydroxylation is 3. The molecule has 1 aliphatic rings. The first-order valence-corrected chi connectivity index (χ1v) is 8.70. The lowest BCUT2D eigenvalue weighted by Gasteiger charge is -2.32. The number of piperidine rings is 1. The molecule has 6 heteroatoms. The van der Waals surface area contributed by atoms with Crippen LogP contribution in [0.2, 0.25) is 0 Å². The molecule has 0 spiro atoms. The van der Waals surface area contributed by atoms with Crippen LogP contribution in [0.4, 0.5) is 0 Å². The van der Waals surface area contributed by atoms with E-state index in [1.54, 1.807) is 6.07 Å². The summed E-state index contributed by atoms with van der Waals surface area (Å²) < 4.78 is 7.78. The highest BCUT2D eigenvalue weighted by atomic mass is 16.3. The molecule has 1 saturated heterocycles. The second kappa shape index (κ2) is 6.02. The van der Waals surface area contributed by atoms with Gasteiger partial charge in [-0.1, -0.05) is 0 Å². The summed E-state index contributed by atoms with van der Waals surface area (Å²) in [7, 11) is 0. The molecule has 0 saturated carbocycles. The quantitative estimate of drug-likeness (QED) is 0.718. The van der Waals surface area contributed by atoms with Crippen LogP contribution >= 0.6 is 0 Å². The molecule has 0 N–H and O–H groups in total. The van der Waals surface area contributed by atoms with E-state index in [0.717, 1.165) is 42.0 Å². The Hall–Kier alpha value is -2.63. The lowest BCUT2D eigenvalue weighted by molar-refractivity contribution is 0.0642. The number of carbonyl (C=O) groups is 1. The maximum atomic E-state index is 12.9. The van der Waals surface area contributed by atoms with Crippen LogP contribution in [0.5, 0.6) is 0 Å². The van der Waals surface area contributed by atoms with Gasteiger partial charge in [0.15, 0.2) is 11.3 Å². The van der Waals surface area contributed by atoms with Gasteiger partial charge in [-0.3, -0.25) is 9.48 Å². The van der Waals surface area contributed by atoms with Gasteiger partial charge in [0.25, 0.3) is 5.91 Å². The molecular weight excluding hydrogens is 316 g/mol. The smallest absolute Gasteiger partial charge is 0.289 e. The number of hydrogen-bond acceptors (Lipinski definition) is 4. The standard InChI is InChI=1S/C19H22N4O2/c1-12-6-7-17-16(20-12)10-18(25-17)19(24)22-8-4-5-15(11-22)23-14(3)9-13(2)21-23/h6-7,9-10,15H,4-5,8,11H2,1-3H3. The molecular formula is C19H22N4O2. The molecule has 1 fully saturated rings. The summed E-state index contributed by atoms with van der Waals surface area (Å²) >= 11 is 0. The maximum Gasteiger partial charge on any atom is 0.289 e. The first-order valence-electron chi connectivity index (χ1n) is 8.70. The van der Waals surface area contributed by atoms with Gasteiger partial charge in [-0.2, -0.15) is 5.10 Å². The minimum atomic E-state index is -0.0677. The molecule has 6 nitrogen and oxygen atoms in total. The van der Waals surface area contributed by atoms with Gasteiger partial charge in [0.05, 0.1) is 11.7 Å². The summed E-state index contributed by atoms with van der Waals surface area (Å²) in [6.07, 6.45) is 2.00. The molecule has 3 aromatic heterocycles. The van der Waals surface area contributed by atoms with Crippen LogP contribution in [0.3, 0.4) is 0 Å². The van der Waals surface area contributed by atoms with Gasteiger partial charge in [-0.15, -0.1) is 0 Å². The molecule has 1 amide bonds. The minimum Gasteiger partial charge on any atom is -0.449 e. The van der Waals surface area contributed by atoms with Crippen LogP contribution in [-0.2, 0) is 0 Å². The Morgan fingerprint density at radius 2 is 2.04 bits per heavy atom. The summed E-state index contributed by atoms with van der Waals surface area (Å²) in [6.45, 7) is 7.40. The maximum absolute atomic E-state index is 12.9. The van der Waals surface area contributed by atoms with Gasteiger partial charge < -0.3 is 9.32 Å². The van der Waals surface area contributed by atoms with Crippen molar-refractivity contribution >= 4 is 17.0 Å². The van der Waals surface area contributed by atoms with Crippen LogP contribution in [-0.4, -0.2) is 38.7 Å². The van der Waals surface area contributed by atoms with E-state index in [2.05, 4.69) is 27.8 Å². The molecule has 1 aliphatic heterocycles. The van der Waals surface area contributed by atoms with Gasteiger partial charge >= 0.3 is 0 Å². The highest BCUT2D eigenvalue weighted by Gasteiger charge is 2.28. The van der Waals surface area contributed by atoms with Crippen LogP contribution in [0.15, 0.2) is 28.7 Å². The third kappa shape index (κ3) is 2.92. The fraction of sp³-hybridized carbons (Fsp3) is 0.421. The molecule has 0 bridgehead atoms. The van der Waals surface area contributed by atoms with E-state index in [-0.39, 0.29) is 11.9 Å². The number of amides is 1. The van der Waals surface area contributed by atoms with Crippen molar-refractivity contribution in [2.75, 3.05) is 13.1 Å². The average molecular weight is 338 g/mol. The molecule has 4 heterocycles. The number of nitrogens with zero attached hydrogens (tertiary/aromatic N) is 4. The fourth-order valence-electron chi connectivity index (χ4n) is 3.64. The molecule has 1 atom stereocenters. The van der Waals surface area contributed by atoms with Crippen molar-refractivity contribution in [3.05, 3.63) is 47.1 Å². The summed E-state index contributed by atoms with van der Waals surface area (Å²) in [5, 5.41) is 4.59. The van der Waals surface area contributed by atoms with E-state index in [4.69, 9.17) is 4.42 Å². The monoisotopic (exact) mass is 338 g/mol. The largest absolute Gasteiger partial charge is 0.449 e. The average Bonchev–Trinajstić information content (AvgIpc) is 3.16. The number of aromatic nitrogens is 3. The number of carbonyl (C=O) groups excluding carboxylic acids is 1. The van der Waals surface area contributed by atoms with Gasteiger partial charge in [0.2, 0.25) is 0 Å². The third-order valence-electron chi connectivity index (χ3n) is 4.80. The number of rotatable bonds is 2. The van der Waals surface area contributed by atoms with E-state index in [0.29, 0.717) is 17.9 Å². The normalized spacial score (nSPS) is 18.0. The highest BCUT2D eigenvalue weighted by Crippen LogP contribution is 2.26.